The second kappa shape index (κ2) is 6.46. The van der Waals surface area contributed by atoms with Crippen molar-refractivity contribution in [2.45, 2.75) is 26.3 Å². The third-order valence-electron chi connectivity index (χ3n) is 4.04. The Hall–Kier alpha value is -2.04. The maximum absolute atomic E-state index is 12.7. The van der Waals surface area contributed by atoms with Crippen LogP contribution in [0, 0.1) is 13.8 Å². The quantitative estimate of drug-likeness (QED) is 0.825. The third-order valence-corrected chi connectivity index (χ3v) is 4.85. The van der Waals surface area contributed by atoms with Crippen LogP contribution in [-0.4, -0.2) is 17.9 Å². The molecule has 1 unspecified atom stereocenters. The van der Waals surface area contributed by atoms with Crippen LogP contribution in [0.3, 0.4) is 0 Å². The summed E-state index contributed by atoms with van der Waals surface area (Å²) in [4.78, 5) is 26.2. The molecule has 2 aromatic carbocycles. The minimum Gasteiger partial charge on any atom is -0.373 e. The average Bonchev–Trinajstić information content (AvgIpc) is 2.80. The molecule has 124 valence electrons. The van der Waals surface area contributed by atoms with Gasteiger partial charge in [0.25, 0.3) is 5.91 Å². The molecule has 0 aromatic heterocycles. The molecule has 1 heterocycles. The van der Waals surface area contributed by atoms with Crippen molar-refractivity contribution in [1.82, 2.24) is 0 Å². The third kappa shape index (κ3) is 2.99. The molecule has 2 aromatic rings. The summed E-state index contributed by atoms with van der Waals surface area (Å²) in [5.41, 5.74) is 3.26. The lowest BCUT2D eigenvalue weighted by atomic mass is 10.1. The van der Waals surface area contributed by atoms with Gasteiger partial charge in [-0.25, -0.2) is 4.90 Å². The van der Waals surface area contributed by atoms with Gasteiger partial charge >= 0.3 is 0 Å². The maximum atomic E-state index is 12.7. The number of imide groups is 1. The lowest BCUT2D eigenvalue weighted by Crippen LogP contribution is -2.35. The van der Waals surface area contributed by atoms with Gasteiger partial charge in [-0.2, -0.15) is 0 Å². The van der Waals surface area contributed by atoms with E-state index in [-0.39, 0.29) is 23.3 Å². The molecule has 0 bridgehead atoms. The fourth-order valence-electron chi connectivity index (χ4n) is 2.74. The number of hydrogen-bond donors (Lipinski definition) is 1. The summed E-state index contributed by atoms with van der Waals surface area (Å²) in [6, 6.07) is 10.2. The molecule has 24 heavy (non-hydrogen) atoms. The van der Waals surface area contributed by atoms with Gasteiger partial charge < -0.3 is 5.32 Å². The minimum absolute atomic E-state index is 0.0784. The first kappa shape index (κ1) is 16.8. The van der Waals surface area contributed by atoms with E-state index in [0.717, 1.165) is 21.7 Å². The molecule has 1 aliphatic heterocycles. The van der Waals surface area contributed by atoms with Gasteiger partial charge in [-0.3, -0.25) is 9.59 Å². The van der Waals surface area contributed by atoms with Gasteiger partial charge in [-0.05, 0) is 43.2 Å². The van der Waals surface area contributed by atoms with E-state index in [1.165, 1.54) is 0 Å². The summed E-state index contributed by atoms with van der Waals surface area (Å²) in [6.07, 6.45) is 0.0784. The summed E-state index contributed by atoms with van der Waals surface area (Å²) >= 11 is 12.2. The van der Waals surface area contributed by atoms with E-state index >= 15 is 0 Å². The Bertz CT molecular complexity index is 836. The van der Waals surface area contributed by atoms with E-state index < -0.39 is 6.04 Å². The number of amides is 2. The first-order valence-electron chi connectivity index (χ1n) is 7.53. The second-order valence-electron chi connectivity index (χ2n) is 5.86. The Kier molecular flexibility index (Phi) is 4.52. The fourth-order valence-corrected chi connectivity index (χ4v) is 3.12. The molecule has 1 atom stereocenters. The van der Waals surface area contributed by atoms with E-state index in [2.05, 4.69) is 5.32 Å². The molecular weight excluding hydrogens is 347 g/mol. The maximum Gasteiger partial charge on any atom is 0.256 e. The smallest absolute Gasteiger partial charge is 0.256 e. The number of carbonyl (C=O) groups is 2. The number of hydrogen-bond acceptors (Lipinski definition) is 3. The van der Waals surface area contributed by atoms with E-state index in [0.29, 0.717) is 10.7 Å². The standard InChI is InChI=1S/C18H16Cl2N2O2/c1-10-6-7-11(2)13(8-10)21-14-9-16(23)22(18(14)24)15-5-3-4-12(19)17(15)20/h3-8,14,21H,9H2,1-2H3. The van der Waals surface area contributed by atoms with Crippen LogP contribution in [0.2, 0.25) is 10.0 Å². The van der Waals surface area contributed by atoms with Gasteiger partial charge in [0.2, 0.25) is 5.91 Å². The summed E-state index contributed by atoms with van der Waals surface area (Å²) in [5.74, 6) is -0.628. The number of rotatable bonds is 3. The zero-order valence-electron chi connectivity index (χ0n) is 13.3. The van der Waals surface area contributed by atoms with Gasteiger partial charge in [0, 0.05) is 5.69 Å². The first-order valence-corrected chi connectivity index (χ1v) is 8.28. The Morgan fingerprint density at radius 3 is 2.62 bits per heavy atom. The Morgan fingerprint density at radius 2 is 1.88 bits per heavy atom. The van der Waals surface area contributed by atoms with Crippen LogP contribution >= 0.6 is 23.2 Å². The topological polar surface area (TPSA) is 49.4 Å². The largest absolute Gasteiger partial charge is 0.373 e. The molecule has 2 amide bonds. The molecular formula is C18H16Cl2N2O2. The number of aryl methyl sites for hydroxylation is 2. The molecule has 1 fully saturated rings. The fraction of sp³-hybridized carbons (Fsp3) is 0.222. The normalized spacial score (nSPS) is 17.5. The molecule has 0 aliphatic carbocycles. The lowest BCUT2D eigenvalue weighted by Gasteiger charge is -2.18. The lowest BCUT2D eigenvalue weighted by molar-refractivity contribution is -0.121. The van der Waals surface area contributed by atoms with Crippen molar-refractivity contribution in [1.29, 1.82) is 0 Å². The van der Waals surface area contributed by atoms with Crippen LogP contribution in [0.15, 0.2) is 36.4 Å². The second-order valence-corrected chi connectivity index (χ2v) is 6.64. The van der Waals surface area contributed by atoms with Crippen LogP contribution in [0.1, 0.15) is 17.5 Å². The van der Waals surface area contributed by atoms with E-state index in [1.54, 1.807) is 18.2 Å². The van der Waals surface area contributed by atoms with E-state index in [9.17, 15) is 9.59 Å². The van der Waals surface area contributed by atoms with Crippen molar-refractivity contribution in [3.05, 3.63) is 57.6 Å². The zero-order chi connectivity index (χ0) is 17.4. The molecule has 0 saturated carbocycles. The highest BCUT2D eigenvalue weighted by Gasteiger charge is 2.40. The molecule has 3 rings (SSSR count). The Labute approximate surface area is 150 Å². The molecule has 4 nitrogen and oxygen atoms in total. The number of benzene rings is 2. The number of halogens is 2. The van der Waals surface area contributed by atoms with Crippen molar-refractivity contribution < 1.29 is 9.59 Å². The summed E-state index contributed by atoms with van der Waals surface area (Å²) in [6.45, 7) is 3.93. The van der Waals surface area contributed by atoms with Gasteiger partial charge in [-0.15, -0.1) is 0 Å². The van der Waals surface area contributed by atoms with Gasteiger partial charge in [0.05, 0.1) is 22.2 Å². The number of carbonyl (C=O) groups excluding carboxylic acids is 2. The molecule has 0 spiro atoms. The van der Waals surface area contributed by atoms with Crippen molar-refractivity contribution in [2.24, 2.45) is 0 Å². The predicted molar refractivity (Wildman–Crippen MR) is 96.9 cm³/mol. The van der Waals surface area contributed by atoms with Crippen molar-refractivity contribution in [2.75, 3.05) is 10.2 Å². The van der Waals surface area contributed by atoms with Crippen molar-refractivity contribution in [3.8, 4) is 0 Å². The van der Waals surface area contributed by atoms with E-state index in [4.69, 9.17) is 23.2 Å². The Morgan fingerprint density at radius 1 is 1.12 bits per heavy atom. The Balaban J connectivity index is 1.89. The number of nitrogens with one attached hydrogen (secondary N) is 1. The summed E-state index contributed by atoms with van der Waals surface area (Å²) in [5, 5.41) is 3.68. The van der Waals surface area contributed by atoms with Gasteiger partial charge in [0.15, 0.2) is 0 Å². The van der Waals surface area contributed by atoms with Gasteiger partial charge in [0.1, 0.15) is 6.04 Å². The highest BCUT2D eigenvalue weighted by molar-refractivity contribution is 6.45. The van der Waals surface area contributed by atoms with Crippen LogP contribution < -0.4 is 10.2 Å². The van der Waals surface area contributed by atoms with Crippen LogP contribution in [-0.2, 0) is 9.59 Å². The molecule has 6 heteroatoms. The monoisotopic (exact) mass is 362 g/mol. The van der Waals surface area contributed by atoms with Crippen LogP contribution in [0.25, 0.3) is 0 Å². The summed E-state index contributed by atoms with van der Waals surface area (Å²) in [7, 11) is 0. The number of anilines is 2. The minimum atomic E-state index is -0.618. The van der Waals surface area contributed by atoms with Crippen LogP contribution in [0.4, 0.5) is 11.4 Å². The highest BCUT2D eigenvalue weighted by Crippen LogP contribution is 2.35. The molecule has 1 N–H and O–H groups in total. The van der Waals surface area contributed by atoms with E-state index in [1.807, 2.05) is 32.0 Å². The molecule has 0 radical (unpaired) electrons. The van der Waals surface area contributed by atoms with Gasteiger partial charge in [-0.1, -0.05) is 41.4 Å². The van der Waals surface area contributed by atoms with Crippen molar-refractivity contribution >= 4 is 46.4 Å². The average molecular weight is 363 g/mol. The number of nitrogens with zero attached hydrogens (tertiary/aromatic N) is 1. The first-order chi connectivity index (χ1) is 11.4. The SMILES string of the molecule is Cc1ccc(C)c(NC2CC(=O)N(c3cccc(Cl)c3Cl)C2=O)c1. The zero-order valence-corrected chi connectivity index (χ0v) is 14.8. The van der Waals surface area contributed by atoms with Crippen molar-refractivity contribution in [3.63, 3.8) is 0 Å². The predicted octanol–water partition coefficient (Wildman–Crippen LogP) is 4.35. The highest BCUT2D eigenvalue weighted by atomic mass is 35.5. The molecule has 1 aliphatic rings. The van der Waals surface area contributed by atoms with Crippen LogP contribution in [0.5, 0.6) is 0 Å². The summed E-state index contributed by atoms with van der Waals surface area (Å²) < 4.78 is 0. The molecule has 1 saturated heterocycles.